The smallest absolute Gasteiger partial charge is 0.338 e. The summed E-state index contributed by atoms with van der Waals surface area (Å²) in [5.41, 5.74) is 1.50. The highest BCUT2D eigenvalue weighted by molar-refractivity contribution is 7.92. The number of rotatable bonds is 8. The number of hydrogen-bond acceptors (Lipinski definition) is 5. The van der Waals surface area contributed by atoms with Crippen molar-refractivity contribution in [3.8, 4) is 0 Å². The fraction of sp³-hybridized carbons (Fsp3) is 0.167. The van der Waals surface area contributed by atoms with Gasteiger partial charge in [-0.1, -0.05) is 41.9 Å². The van der Waals surface area contributed by atoms with E-state index in [1.54, 1.807) is 68.4 Å². The number of benzene rings is 3. The predicted octanol–water partition coefficient (Wildman–Crippen LogP) is 4.66. The highest BCUT2D eigenvalue weighted by Crippen LogP contribution is 2.26. The molecule has 3 aromatic carbocycles. The molecule has 0 aliphatic rings. The number of halogens is 1. The number of nitrogens with one attached hydrogen (secondary N) is 1. The fourth-order valence-corrected chi connectivity index (χ4v) is 5.10. The molecule has 0 saturated carbocycles. The molecule has 0 atom stereocenters. The lowest BCUT2D eigenvalue weighted by Gasteiger charge is -2.24. The lowest BCUT2D eigenvalue weighted by Crippen LogP contribution is -2.31. The quantitative estimate of drug-likeness (QED) is 0.467. The normalized spacial score (nSPS) is 11.0. The van der Waals surface area contributed by atoms with E-state index in [2.05, 4.69) is 5.32 Å². The van der Waals surface area contributed by atoms with Crippen LogP contribution in [0.1, 0.15) is 22.8 Å². The minimum absolute atomic E-state index is 0.00830. The second kappa shape index (κ2) is 10.5. The number of ether oxygens (including phenoxy) is 1. The molecular weight excluding hydrogens is 464 g/mol. The zero-order valence-corrected chi connectivity index (χ0v) is 19.7. The molecule has 0 aromatic heterocycles. The van der Waals surface area contributed by atoms with E-state index in [1.807, 2.05) is 0 Å². The van der Waals surface area contributed by atoms with Crippen molar-refractivity contribution in [2.75, 3.05) is 22.8 Å². The number of carbonyl (C=O) groups excluding carboxylic acids is 2. The molecule has 7 nitrogen and oxygen atoms in total. The van der Waals surface area contributed by atoms with Crippen LogP contribution in [-0.2, 0) is 19.6 Å². The summed E-state index contributed by atoms with van der Waals surface area (Å²) in [6, 6.07) is 19.5. The Balaban J connectivity index is 1.76. The molecule has 3 aromatic rings. The number of aryl methyl sites for hydroxylation is 1. The molecule has 1 N–H and O–H groups in total. The Bertz CT molecular complexity index is 1260. The van der Waals surface area contributed by atoms with Crippen LogP contribution in [-0.4, -0.2) is 33.4 Å². The molecule has 0 bridgehead atoms. The molecule has 0 saturated heterocycles. The summed E-state index contributed by atoms with van der Waals surface area (Å²) in [6.45, 7) is 3.06. The molecule has 0 aliphatic heterocycles. The van der Waals surface area contributed by atoms with Gasteiger partial charge in [-0.15, -0.1) is 0 Å². The Morgan fingerprint density at radius 1 is 1.00 bits per heavy atom. The van der Waals surface area contributed by atoms with Crippen molar-refractivity contribution >= 4 is 44.9 Å². The summed E-state index contributed by atoms with van der Waals surface area (Å²) in [6.07, 6.45) is 0. The van der Waals surface area contributed by atoms with Crippen molar-refractivity contribution in [2.45, 2.75) is 18.7 Å². The Morgan fingerprint density at radius 3 is 2.39 bits per heavy atom. The van der Waals surface area contributed by atoms with E-state index in [1.165, 1.54) is 22.5 Å². The number of esters is 1. The van der Waals surface area contributed by atoms with E-state index in [9.17, 15) is 18.0 Å². The number of hydrogen-bond donors (Lipinski definition) is 1. The largest absolute Gasteiger partial charge is 0.452 e. The molecule has 0 unspecified atom stereocenters. The van der Waals surface area contributed by atoms with Gasteiger partial charge in [-0.2, -0.15) is 0 Å². The summed E-state index contributed by atoms with van der Waals surface area (Å²) >= 11 is 5.88. The number of nitrogens with zero attached hydrogens (tertiary/aromatic N) is 1. The fourth-order valence-electron chi connectivity index (χ4n) is 3.19. The lowest BCUT2D eigenvalue weighted by molar-refractivity contribution is -0.119. The van der Waals surface area contributed by atoms with Gasteiger partial charge in [0.25, 0.3) is 15.9 Å². The molecule has 3 rings (SSSR count). The third-order valence-corrected chi connectivity index (χ3v) is 7.05. The van der Waals surface area contributed by atoms with E-state index < -0.39 is 28.5 Å². The minimum Gasteiger partial charge on any atom is -0.452 e. The van der Waals surface area contributed by atoms with Crippen LogP contribution in [0.25, 0.3) is 0 Å². The third kappa shape index (κ3) is 5.91. The van der Waals surface area contributed by atoms with Crippen molar-refractivity contribution in [3.05, 3.63) is 88.9 Å². The van der Waals surface area contributed by atoms with E-state index >= 15 is 0 Å². The van der Waals surface area contributed by atoms with Gasteiger partial charge in [0.1, 0.15) is 0 Å². The van der Waals surface area contributed by atoms with Crippen LogP contribution < -0.4 is 9.62 Å². The van der Waals surface area contributed by atoms with Crippen molar-refractivity contribution < 1.29 is 22.7 Å². The van der Waals surface area contributed by atoms with Crippen molar-refractivity contribution in [2.24, 2.45) is 0 Å². The second-order valence-electron chi connectivity index (χ2n) is 7.12. The first kappa shape index (κ1) is 24.3. The van der Waals surface area contributed by atoms with Crippen LogP contribution in [0.5, 0.6) is 0 Å². The van der Waals surface area contributed by atoms with Crippen LogP contribution >= 0.6 is 11.6 Å². The molecule has 172 valence electrons. The molecular formula is C24H23ClN2O5S. The molecule has 33 heavy (non-hydrogen) atoms. The van der Waals surface area contributed by atoms with Crippen molar-refractivity contribution in [3.63, 3.8) is 0 Å². The third-order valence-electron chi connectivity index (χ3n) is 4.77. The predicted molar refractivity (Wildman–Crippen MR) is 128 cm³/mol. The van der Waals surface area contributed by atoms with E-state index in [4.69, 9.17) is 16.3 Å². The molecule has 0 aliphatic carbocycles. The lowest BCUT2D eigenvalue weighted by atomic mass is 10.1. The highest BCUT2D eigenvalue weighted by atomic mass is 35.5. The van der Waals surface area contributed by atoms with Gasteiger partial charge in [-0.25, -0.2) is 13.2 Å². The summed E-state index contributed by atoms with van der Waals surface area (Å²) in [5.74, 6) is -1.36. The number of anilines is 2. The summed E-state index contributed by atoms with van der Waals surface area (Å²) in [4.78, 5) is 24.6. The highest BCUT2D eigenvalue weighted by Gasteiger charge is 2.26. The van der Waals surface area contributed by atoms with Gasteiger partial charge in [0.2, 0.25) is 0 Å². The Labute approximate surface area is 198 Å². The number of carbonyl (C=O) groups is 2. The van der Waals surface area contributed by atoms with E-state index in [0.717, 1.165) is 0 Å². The Morgan fingerprint density at radius 2 is 1.73 bits per heavy atom. The molecule has 1 amide bonds. The average molecular weight is 487 g/mol. The maximum Gasteiger partial charge on any atom is 0.338 e. The van der Waals surface area contributed by atoms with Gasteiger partial charge in [0.05, 0.1) is 16.1 Å². The summed E-state index contributed by atoms with van der Waals surface area (Å²) < 4.78 is 33.1. The topological polar surface area (TPSA) is 92.8 Å². The van der Waals surface area contributed by atoms with Crippen LogP contribution in [0.4, 0.5) is 11.4 Å². The van der Waals surface area contributed by atoms with Crippen LogP contribution in [0.2, 0.25) is 5.02 Å². The monoisotopic (exact) mass is 486 g/mol. The second-order valence-corrected chi connectivity index (χ2v) is 9.39. The van der Waals surface area contributed by atoms with E-state index in [-0.39, 0.29) is 17.0 Å². The zero-order chi connectivity index (χ0) is 24.0. The maximum absolute atomic E-state index is 13.4. The van der Waals surface area contributed by atoms with Gasteiger partial charge in [-0.3, -0.25) is 9.10 Å². The van der Waals surface area contributed by atoms with Crippen LogP contribution in [0, 0.1) is 6.92 Å². The van der Waals surface area contributed by atoms with Gasteiger partial charge in [-0.05, 0) is 61.9 Å². The van der Waals surface area contributed by atoms with Crippen molar-refractivity contribution in [1.29, 1.82) is 0 Å². The first-order valence-corrected chi connectivity index (χ1v) is 11.9. The molecule has 0 fully saturated rings. The van der Waals surface area contributed by atoms with Crippen LogP contribution in [0.15, 0.2) is 77.7 Å². The first-order valence-electron chi connectivity index (χ1n) is 10.1. The summed E-state index contributed by atoms with van der Waals surface area (Å²) in [5, 5.41) is 3.03. The van der Waals surface area contributed by atoms with Crippen molar-refractivity contribution in [1.82, 2.24) is 0 Å². The maximum atomic E-state index is 13.4. The SMILES string of the molecule is CCN(c1ccccc1)S(=O)(=O)c1cc(C(=O)OCC(=O)Nc2cccc(Cl)c2)ccc1C. The Hall–Kier alpha value is -3.36. The average Bonchev–Trinajstić information content (AvgIpc) is 2.78. The van der Waals surface area contributed by atoms with Crippen LogP contribution in [0.3, 0.4) is 0 Å². The molecule has 0 radical (unpaired) electrons. The number of amides is 1. The molecule has 9 heteroatoms. The van der Waals surface area contributed by atoms with Gasteiger partial charge >= 0.3 is 5.97 Å². The van der Waals surface area contributed by atoms with Gasteiger partial charge in [0, 0.05) is 17.3 Å². The Kier molecular flexibility index (Phi) is 7.73. The summed E-state index contributed by atoms with van der Waals surface area (Å²) in [7, 11) is -3.93. The molecule has 0 heterocycles. The van der Waals surface area contributed by atoms with Gasteiger partial charge < -0.3 is 10.1 Å². The standard InChI is InChI=1S/C24H23ClN2O5S/c1-3-27(21-10-5-4-6-11-21)33(30,31)22-14-18(13-12-17(22)2)24(29)32-16-23(28)26-20-9-7-8-19(25)15-20/h4-15H,3,16H2,1-2H3,(H,26,28). The first-order chi connectivity index (χ1) is 15.7. The number of sulfonamides is 1. The van der Waals surface area contributed by atoms with Gasteiger partial charge in [0.15, 0.2) is 6.61 Å². The minimum atomic E-state index is -3.93. The molecule has 0 spiro atoms. The zero-order valence-electron chi connectivity index (χ0n) is 18.1. The van der Waals surface area contributed by atoms with E-state index in [0.29, 0.717) is 22.0 Å². The number of para-hydroxylation sites is 1.